The lowest BCUT2D eigenvalue weighted by atomic mass is 9.92. The number of fused-ring (bicyclic) bond motifs is 11. The maximum Gasteiger partial charge on any atom is 0.0546 e. The van der Waals surface area contributed by atoms with E-state index in [1.807, 2.05) is 22.7 Å². The minimum atomic E-state index is 1.13. The molecule has 0 aliphatic carbocycles. The first kappa shape index (κ1) is 35.0. The summed E-state index contributed by atoms with van der Waals surface area (Å²) < 4.78 is 5.23. The average Bonchev–Trinajstić information content (AvgIpc) is 3.85. The van der Waals surface area contributed by atoms with E-state index >= 15 is 0 Å². The third-order valence-electron chi connectivity index (χ3n) is 12.1. The smallest absolute Gasteiger partial charge is 0.0546 e. The zero-order valence-corrected chi connectivity index (χ0v) is 34.8. The fourth-order valence-corrected chi connectivity index (χ4v) is 11.5. The van der Waals surface area contributed by atoms with Crippen molar-refractivity contribution in [1.29, 1.82) is 0 Å². The van der Waals surface area contributed by atoms with Crippen LogP contribution >= 0.6 is 22.7 Å². The quantitative estimate of drug-likeness (QED) is 0.155. The highest BCUT2D eigenvalue weighted by Crippen LogP contribution is 2.49. The maximum absolute atomic E-state index is 2.47. The Balaban J connectivity index is 1.16. The molecule has 0 aliphatic heterocycles. The fourth-order valence-electron chi connectivity index (χ4n) is 9.32. The molecule has 0 N–H and O–H groups in total. The molecule has 0 saturated carbocycles. The zero-order chi connectivity index (χ0) is 39.9. The third kappa shape index (κ3) is 5.60. The van der Waals surface area contributed by atoms with Gasteiger partial charge < -0.3 is 9.80 Å². The zero-order valence-electron chi connectivity index (χ0n) is 33.2. The molecule has 0 saturated heterocycles. The lowest BCUT2D eigenvalue weighted by Gasteiger charge is -2.30. The van der Waals surface area contributed by atoms with E-state index in [-0.39, 0.29) is 0 Å². The molecule has 4 heteroatoms. The third-order valence-corrected chi connectivity index (χ3v) is 14.4. The van der Waals surface area contributed by atoms with Crippen molar-refractivity contribution in [3.05, 3.63) is 205 Å². The van der Waals surface area contributed by atoms with Crippen LogP contribution in [0.3, 0.4) is 0 Å². The number of benzene rings is 10. The summed E-state index contributed by atoms with van der Waals surface area (Å²) in [4.78, 5) is 4.94. The van der Waals surface area contributed by atoms with E-state index in [1.165, 1.54) is 83.8 Å². The van der Waals surface area contributed by atoms with E-state index in [0.29, 0.717) is 0 Å². The summed E-state index contributed by atoms with van der Waals surface area (Å²) in [6, 6.07) is 72.2. The first-order valence-corrected chi connectivity index (χ1v) is 22.1. The highest BCUT2D eigenvalue weighted by Gasteiger charge is 2.23. The predicted molar refractivity (Wildman–Crippen MR) is 264 cm³/mol. The molecule has 0 spiro atoms. The predicted octanol–water partition coefficient (Wildman–Crippen LogP) is 17.4. The minimum absolute atomic E-state index is 1.13. The molecule has 0 atom stereocenters. The van der Waals surface area contributed by atoms with E-state index in [9.17, 15) is 0 Å². The number of rotatable bonds is 6. The summed E-state index contributed by atoms with van der Waals surface area (Å²) in [5.41, 5.74) is 9.32. The number of thiophene rings is 2. The van der Waals surface area contributed by atoms with Gasteiger partial charge in [0.05, 0.1) is 11.4 Å². The molecule has 60 heavy (non-hydrogen) atoms. The van der Waals surface area contributed by atoms with Gasteiger partial charge in [-0.3, -0.25) is 0 Å². The summed E-state index contributed by atoms with van der Waals surface area (Å²) in [7, 11) is 0. The van der Waals surface area contributed by atoms with Crippen LogP contribution in [0.4, 0.5) is 34.1 Å². The molecular formula is C56H38N2S2. The van der Waals surface area contributed by atoms with E-state index in [1.54, 1.807) is 0 Å². The molecule has 0 fully saturated rings. The van der Waals surface area contributed by atoms with Gasteiger partial charge in [0.15, 0.2) is 0 Å². The van der Waals surface area contributed by atoms with Gasteiger partial charge >= 0.3 is 0 Å². The molecule has 12 aromatic rings. The first-order valence-electron chi connectivity index (χ1n) is 20.5. The van der Waals surface area contributed by atoms with Crippen molar-refractivity contribution in [3.8, 4) is 0 Å². The molecule has 2 aromatic heterocycles. The molecule has 2 nitrogen and oxygen atoms in total. The highest BCUT2D eigenvalue weighted by atomic mass is 32.1. The Morgan fingerprint density at radius 2 is 0.667 bits per heavy atom. The van der Waals surface area contributed by atoms with Crippen molar-refractivity contribution in [1.82, 2.24) is 0 Å². The number of hydrogen-bond acceptors (Lipinski definition) is 4. The summed E-state index contributed by atoms with van der Waals surface area (Å²) >= 11 is 3.72. The number of anilines is 6. The Hall–Kier alpha value is -6.98. The molecule has 12 rings (SSSR count). The minimum Gasteiger partial charge on any atom is -0.310 e. The number of aryl methyl sites for hydroxylation is 2. The Morgan fingerprint density at radius 1 is 0.267 bits per heavy atom. The highest BCUT2D eigenvalue weighted by molar-refractivity contribution is 7.26. The number of para-hydroxylation sites is 2. The van der Waals surface area contributed by atoms with Crippen LogP contribution in [0.2, 0.25) is 0 Å². The SMILES string of the molecule is Cc1ccc2c(c1)c(N(c1ccccc1)c1ccc3sc4ccccc4c3c1)cc1c3ccc(C)cc3c(N(c3ccccc3)c3ccc4sc5ccccc5c4c3)cc21. The molecule has 0 amide bonds. The van der Waals surface area contributed by atoms with Crippen LogP contribution < -0.4 is 9.80 Å². The number of nitrogens with zero attached hydrogens (tertiary/aromatic N) is 2. The fraction of sp³-hybridized carbons (Fsp3) is 0.0357. The van der Waals surface area contributed by atoms with Gasteiger partial charge in [0, 0.05) is 73.9 Å². The van der Waals surface area contributed by atoms with Gasteiger partial charge in [0.1, 0.15) is 0 Å². The van der Waals surface area contributed by atoms with Crippen molar-refractivity contribution in [2.24, 2.45) is 0 Å². The van der Waals surface area contributed by atoms with Gasteiger partial charge in [0.2, 0.25) is 0 Å². The largest absolute Gasteiger partial charge is 0.310 e. The maximum atomic E-state index is 2.47. The van der Waals surface area contributed by atoms with Gasteiger partial charge in [-0.15, -0.1) is 22.7 Å². The second-order valence-corrected chi connectivity index (χ2v) is 18.1. The Labute approximate surface area is 356 Å². The summed E-state index contributed by atoms with van der Waals surface area (Å²) in [6.45, 7) is 4.42. The van der Waals surface area contributed by atoms with E-state index in [2.05, 4.69) is 218 Å². The van der Waals surface area contributed by atoms with Crippen LogP contribution in [0.5, 0.6) is 0 Å². The summed E-state index contributed by atoms with van der Waals surface area (Å²) in [5, 5.41) is 12.5. The molecule has 10 aromatic carbocycles. The van der Waals surface area contributed by atoms with Gasteiger partial charge in [0.25, 0.3) is 0 Å². The van der Waals surface area contributed by atoms with Crippen molar-refractivity contribution in [2.45, 2.75) is 13.8 Å². The lowest BCUT2D eigenvalue weighted by Crippen LogP contribution is -2.12. The van der Waals surface area contributed by atoms with E-state index in [4.69, 9.17) is 0 Å². The van der Waals surface area contributed by atoms with Crippen LogP contribution in [0.25, 0.3) is 72.7 Å². The van der Waals surface area contributed by atoms with Gasteiger partial charge in [-0.2, -0.15) is 0 Å². The molecule has 2 heterocycles. The van der Waals surface area contributed by atoms with Gasteiger partial charge in [-0.05, 0) is 132 Å². The summed E-state index contributed by atoms with van der Waals surface area (Å²) in [6.07, 6.45) is 0. The first-order chi connectivity index (χ1) is 29.6. The topological polar surface area (TPSA) is 6.48 Å². The van der Waals surface area contributed by atoms with Crippen LogP contribution in [-0.2, 0) is 0 Å². The van der Waals surface area contributed by atoms with E-state index in [0.717, 1.165) is 34.1 Å². The number of hydrogen-bond donors (Lipinski definition) is 0. The van der Waals surface area contributed by atoms with Crippen LogP contribution in [0, 0.1) is 13.8 Å². The Morgan fingerprint density at radius 3 is 1.12 bits per heavy atom. The summed E-state index contributed by atoms with van der Waals surface area (Å²) in [5.74, 6) is 0. The Kier molecular flexibility index (Phi) is 8.06. The normalized spacial score (nSPS) is 11.8. The molecule has 0 unspecified atom stereocenters. The standard InChI is InChI=1S/C56H38N2S2/c1-35-21-25-41-45-34-52(58(38-15-7-4-8-16-38)40-24-28-56-50(32-40)44-18-10-12-20-54(44)60-56)48-30-36(2)22-26-42(48)46(45)33-51(47(41)29-35)57(37-13-5-3-6-14-37)39-23-27-55-49(31-39)43-17-9-11-19-53(43)59-55/h3-34H,1-2H3. The van der Waals surface area contributed by atoms with Crippen molar-refractivity contribution < 1.29 is 0 Å². The monoisotopic (exact) mass is 802 g/mol. The second-order valence-electron chi connectivity index (χ2n) is 15.9. The van der Waals surface area contributed by atoms with E-state index < -0.39 is 0 Å². The molecule has 284 valence electrons. The van der Waals surface area contributed by atoms with Crippen molar-refractivity contribution in [2.75, 3.05) is 9.80 Å². The van der Waals surface area contributed by atoms with Gasteiger partial charge in [-0.1, -0.05) is 108 Å². The molecule has 0 aliphatic rings. The lowest BCUT2D eigenvalue weighted by molar-refractivity contribution is 1.30. The average molecular weight is 803 g/mol. The van der Waals surface area contributed by atoms with Crippen molar-refractivity contribution in [3.63, 3.8) is 0 Å². The van der Waals surface area contributed by atoms with Gasteiger partial charge in [-0.25, -0.2) is 0 Å². The molecular weight excluding hydrogens is 765 g/mol. The molecule has 0 bridgehead atoms. The second kappa shape index (κ2) is 13.8. The van der Waals surface area contributed by atoms with Crippen LogP contribution in [-0.4, -0.2) is 0 Å². The van der Waals surface area contributed by atoms with Crippen molar-refractivity contribution >= 4 is 129 Å². The van der Waals surface area contributed by atoms with Crippen LogP contribution in [0.1, 0.15) is 11.1 Å². The Bertz CT molecular complexity index is 3400. The molecule has 0 radical (unpaired) electrons. The van der Waals surface area contributed by atoms with Crippen LogP contribution in [0.15, 0.2) is 194 Å².